The van der Waals surface area contributed by atoms with Gasteiger partial charge in [0.1, 0.15) is 6.29 Å². The Labute approximate surface area is 135 Å². The van der Waals surface area contributed by atoms with Crippen molar-refractivity contribution in [2.45, 2.75) is 77.0 Å². The van der Waals surface area contributed by atoms with Crippen molar-refractivity contribution in [3.63, 3.8) is 0 Å². The summed E-state index contributed by atoms with van der Waals surface area (Å²) in [5.74, 6) is 7.46. The van der Waals surface area contributed by atoms with E-state index in [1.165, 1.54) is 68.5 Å². The molecule has 8 saturated carbocycles. The second kappa shape index (κ2) is 5.08. The van der Waals surface area contributed by atoms with Crippen LogP contribution in [0.15, 0.2) is 0 Å². The molecular formula is C21H32O. The summed E-state index contributed by atoms with van der Waals surface area (Å²) < 4.78 is 0. The maximum atomic E-state index is 11.1. The first-order valence-corrected chi connectivity index (χ1v) is 10.2. The Bertz CT molecular complexity index is 359. The van der Waals surface area contributed by atoms with Gasteiger partial charge in [0.2, 0.25) is 0 Å². The molecule has 0 aromatic rings. The first-order valence-electron chi connectivity index (χ1n) is 10.2. The molecule has 8 bridgehead atoms. The van der Waals surface area contributed by atoms with Gasteiger partial charge in [0.25, 0.3) is 0 Å². The molecule has 122 valence electrons. The third kappa shape index (κ3) is 2.38. The summed E-state index contributed by atoms with van der Waals surface area (Å²) in [6.07, 6.45) is 18.9. The minimum atomic E-state index is 0.161. The van der Waals surface area contributed by atoms with Crippen molar-refractivity contribution in [3.8, 4) is 0 Å². The van der Waals surface area contributed by atoms with Crippen LogP contribution in [0.5, 0.6) is 0 Å². The number of aldehydes is 1. The van der Waals surface area contributed by atoms with E-state index < -0.39 is 0 Å². The molecule has 8 aliphatic carbocycles. The average molecular weight is 300 g/mol. The summed E-state index contributed by atoms with van der Waals surface area (Å²) >= 11 is 0. The van der Waals surface area contributed by atoms with Crippen LogP contribution in [0.4, 0.5) is 0 Å². The number of rotatable bonds is 1. The van der Waals surface area contributed by atoms with Gasteiger partial charge in [0, 0.05) is 5.41 Å². The van der Waals surface area contributed by atoms with E-state index in [4.69, 9.17) is 0 Å². The zero-order valence-corrected chi connectivity index (χ0v) is 14.0. The molecule has 0 heterocycles. The quantitative estimate of drug-likeness (QED) is 0.606. The lowest BCUT2D eigenvalue weighted by Gasteiger charge is -2.54. The Morgan fingerprint density at radius 3 is 1.05 bits per heavy atom. The van der Waals surface area contributed by atoms with Gasteiger partial charge in [-0.3, -0.25) is 0 Å². The Balaban J connectivity index is 0.000000104. The topological polar surface area (TPSA) is 17.1 Å². The minimum absolute atomic E-state index is 0.161. The first-order chi connectivity index (χ1) is 10.7. The van der Waals surface area contributed by atoms with E-state index >= 15 is 0 Å². The lowest BCUT2D eigenvalue weighted by molar-refractivity contribution is -0.130. The third-order valence-corrected chi connectivity index (χ3v) is 8.34. The van der Waals surface area contributed by atoms with Gasteiger partial charge in [-0.2, -0.15) is 0 Å². The van der Waals surface area contributed by atoms with Crippen LogP contribution < -0.4 is 0 Å². The van der Waals surface area contributed by atoms with Gasteiger partial charge in [-0.1, -0.05) is 0 Å². The smallest absolute Gasteiger partial charge is 0.126 e. The van der Waals surface area contributed by atoms with Crippen molar-refractivity contribution in [3.05, 3.63) is 0 Å². The van der Waals surface area contributed by atoms with Crippen molar-refractivity contribution >= 4 is 6.29 Å². The van der Waals surface area contributed by atoms with Gasteiger partial charge in [-0.15, -0.1) is 0 Å². The van der Waals surface area contributed by atoms with Gasteiger partial charge in [0.05, 0.1) is 0 Å². The molecule has 0 radical (unpaired) electrons. The fraction of sp³-hybridized carbons (Fsp3) is 0.952. The highest BCUT2D eigenvalue weighted by atomic mass is 16.1. The summed E-state index contributed by atoms with van der Waals surface area (Å²) in [7, 11) is 0. The molecule has 1 nitrogen and oxygen atoms in total. The maximum absolute atomic E-state index is 11.1. The Morgan fingerprint density at radius 1 is 0.500 bits per heavy atom. The van der Waals surface area contributed by atoms with E-state index in [9.17, 15) is 4.79 Å². The number of hydrogen-bond acceptors (Lipinski definition) is 1. The SMILES string of the molecule is C1C2CC3CC1CC(C2)C3.O=CC12CC3CC(CC(C3)C1)C2. The van der Waals surface area contributed by atoms with Crippen LogP contribution in [0.3, 0.4) is 0 Å². The van der Waals surface area contributed by atoms with E-state index in [1.807, 2.05) is 0 Å². The maximum Gasteiger partial charge on any atom is 0.126 e. The molecule has 0 spiro atoms. The van der Waals surface area contributed by atoms with Crippen molar-refractivity contribution in [1.29, 1.82) is 0 Å². The second-order valence-corrected chi connectivity index (χ2v) is 10.3. The van der Waals surface area contributed by atoms with Crippen LogP contribution in [0.25, 0.3) is 0 Å². The molecular weight excluding hydrogens is 268 g/mol. The summed E-state index contributed by atoms with van der Waals surface area (Å²) in [5, 5.41) is 0. The standard InChI is InChI=1S/C11H16O.C10H16/c12-7-11-4-8-1-9(5-11)3-10(2-8)6-11;1-7-2-9-4-8(1)5-10(3-7)6-9/h7-10H,1-6H2;7-10H,1-6H2. The molecule has 0 aliphatic heterocycles. The molecule has 1 heteroatoms. The first kappa shape index (κ1) is 14.1. The average Bonchev–Trinajstić information content (AvgIpc) is 2.45. The minimum Gasteiger partial charge on any atom is -0.303 e. The van der Waals surface area contributed by atoms with E-state index in [-0.39, 0.29) is 5.41 Å². The van der Waals surface area contributed by atoms with E-state index in [0.717, 1.165) is 17.8 Å². The molecule has 8 rings (SSSR count). The van der Waals surface area contributed by atoms with Crippen LogP contribution in [0.2, 0.25) is 0 Å². The van der Waals surface area contributed by atoms with Crippen LogP contribution in [0.1, 0.15) is 77.0 Å². The van der Waals surface area contributed by atoms with Gasteiger partial charge in [0.15, 0.2) is 0 Å². The lowest BCUT2D eigenvalue weighted by atomic mass is 9.50. The zero-order valence-electron chi connectivity index (χ0n) is 14.0. The van der Waals surface area contributed by atoms with E-state index in [1.54, 1.807) is 38.5 Å². The monoisotopic (exact) mass is 300 g/mol. The number of carbonyl (C=O) groups is 1. The fourth-order valence-corrected chi connectivity index (χ4v) is 8.31. The van der Waals surface area contributed by atoms with E-state index in [2.05, 4.69) is 0 Å². The van der Waals surface area contributed by atoms with Crippen LogP contribution in [-0.2, 0) is 4.79 Å². The molecule has 0 aromatic heterocycles. The van der Waals surface area contributed by atoms with Crippen LogP contribution in [-0.4, -0.2) is 6.29 Å². The number of carbonyl (C=O) groups excluding carboxylic acids is 1. The molecule has 0 saturated heterocycles. The molecule has 0 aromatic carbocycles. The highest BCUT2D eigenvalue weighted by Crippen LogP contribution is 2.59. The largest absolute Gasteiger partial charge is 0.303 e. The van der Waals surface area contributed by atoms with Crippen molar-refractivity contribution in [2.24, 2.45) is 46.8 Å². The van der Waals surface area contributed by atoms with Gasteiger partial charge < -0.3 is 4.79 Å². The van der Waals surface area contributed by atoms with Crippen LogP contribution in [0, 0.1) is 46.8 Å². The van der Waals surface area contributed by atoms with Gasteiger partial charge >= 0.3 is 0 Å². The Morgan fingerprint density at radius 2 is 0.773 bits per heavy atom. The van der Waals surface area contributed by atoms with E-state index in [0.29, 0.717) is 0 Å². The molecule has 22 heavy (non-hydrogen) atoms. The Hall–Kier alpha value is -0.330. The zero-order chi connectivity index (χ0) is 14.7. The third-order valence-electron chi connectivity index (χ3n) is 8.34. The molecule has 8 fully saturated rings. The Kier molecular flexibility index (Phi) is 3.25. The van der Waals surface area contributed by atoms with Crippen molar-refractivity contribution in [2.75, 3.05) is 0 Å². The lowest BCUT2D eigenvalue weighted by Crippen LogP contribution is -2.46. The molecule has 0 unspecified atom stereocenters. The fourth-order valence-electron chi connectivity index (χ4n) is 8.31. The van der Waals surface area contributed by atoms with Gasteiger partial charge in [-0.25, -0.2) is 0 Å². The van der Waals surface area contributed by atoms with Crippen molar-refractivity contribution in [1.82, 2.24) is 0 Å². The summed E-state index contributed by atoms with van der Waals surface area (Å²) in [5.41, 5.74) is 0.161. The van der Waals surface area contributed by atoms with Crippen molar-refractivity contribution < 1.29 is 4.79 Å². The highest BCUT2D eigenvalue weighted by Gasteiger charge is 2.50. The second-order valence-electron chi connectivity index (χ2n) is 10.3. The number of hydrogen-bond donors (Lipinski definition) is 0. The predicted molar refractivity (Wildman–Crippen MR) is 88.3 cm³/mol. The molecule has 0 atom stereocenters. The van der Waals surface area contributed by atoms with Gasteiger partial charge in [-0.05, 0) is 118 Å². The predicted octanol–water partition coefficient (Wildman–Crippen LogP) is 5.23. The summed E-state index contributed by atoms with van der Waals surface area (Å²) in [6.45, 7) is 0. The molecule has 0 amide bonds. The summed E-state index contributed by atoms with van der Waals surface area (Å²) in [6, 6.07) is 0. The van der Waals surface area contributed by atoms with Crippen LogP contribution >= 0.6 is 0 Å². The molecule has 8 aliphatic rings. The highest BCUT2D eigenvalue weighted by molar-refractivity contribution is 5.60. The summed E-state index contributed by atoms with van der Waals surface area (Å²) in [4.78, 5) is 11.1. The molecule has 0 N–H and O–H groups in total. The normalized spacial score (nSPS) is 56.6.